The Morgan fingerprint density at radius 3 is 1.70 bits per heavy atom. The fourth-order valence-corrected chi connectivity index (χ4v) is 2.08. The average molecular weight is 286 g/mol. The van der Waals surface area contributed by atoms with E-state index in [0.29, 0.717) is 24.9 Å². The Morgan fingerprint density at radius 1 is 0.950 bits per heavy atom. The number of urea groups is 1. The molecule has 0 aliphatic rings. The zero-order chi connectivity index (χ0) is 15.9. The third-order valence-electron chi connectivity index (χ3n) is 2.88. The maximum absolute atomic E-state index is 12.6. The predicted molar refractivity (Wildman–Crippen MR) is 80.7 cm³/mol. The second-order valence-corrected chi connectivity index (χ2v) is 6.41. The van der Waals surface area contributed by atoms with Crippen molar-refractivity contribution in [1.29, 1.82) is 0 Å². The minimum Gasteiger partial charge on any atom is -0.481 e. The summed E-state index contributed by atoms with van der Waals surface area (Å²) >= 11 is 0. The highest BCUT2D eigenvalue weighted by Crippen LogP contribution is 2.11. The van der Waals surface area contributed by atoms with E-state index in [1.165, 1.54) is 0 Å². The van der Waals surface area contributed by atoms with Crippen molar-refractivity contribution in [2.24, 2.45) is 11.8 Å². The molecule has 1 N–H and O–H groups in total. The Morgan fingerprint density at radius 2 is 1.40 bits per heavy atom. The van der Waals surface area contributed by atoms with E-state index in [9.17, 15) is 9.59 Å². The van der Waals surface area contributed by atoms with Gasteiger partial charge < -0.3 is 14.9 Å². The van der Waals surface area contributed by atoms with E-state index in [2.05, 4.69) is 27.7 Å². The maximum atomic E-state index is 12.6. The molecule has 0 aliphatic carbocycles. The Labute approximate surface area is 122 Å². The van der Waals surface area contributed by atoms with Crippen LogP contribution in [0.4, 0.5) is 4.79 Å². The number of carboxylic acid groups (broad SMARTS) is 1. The Hall–Kier alpha value is -1.26. The standard InChI is InChI=1S/C15H30N2O3/c1-11(2)9-16(10-12(3)4)15(20)17(13(5)6)8-7-14(18)19/h11-13H,7-10H2,1-6H3,(H,18,19). The van der Waals surface area contributed by atoms with Crippen molar-refractivity contribution in [1.82, 2.24) is 9.80 Å². The van der Waals surface area contributed by atoms with Gasteiger partial charge in [0, 0.05) is 25.7 Å². The highest BCUT2D eigenvalue weighted by molar-refractivity contribution is 5.75. The Balaban J connectivity index is 4.89. The lowest BCUT2D eigenvalue weighted by atomic mass is 10.1. The SMILES string of the molecule is CC(C)CN(CC(C)C)C(=O)N(CCC(=O)O)C(C)C. The second kappa shape index (κ2) is 8.82. The smallest absolute Gasteiger partial charge is 0.320 e. The highest BCUT2D eigenvalue weighted by Gasteiger charge is 2.24. The van der Waals surface area contributed by atoms with Crippen LogP contribution in [0.15, 0.2) is 0 Å². The van der Waals surface area contributed by atoms with E-state index >= 15 is 0 Å². The summed E-state index contributed by atoms with van der Waals surface area (Å²) in [5, 5.41) is 8.80. The van der Waals surface area contributed by atoms with Crippen molar-refractivity contribution in [3.05, 3.63) is 0 Å². The molecule has 20 heavy (non-hydrogen) atoms. The third-order valence-corrected chi connectivity index (χ3v) is 2.88. The monoisotopic (exact) mass is 286 g/mol. The molecule has 0 aliphatic heterocycles. The molecule has 0 radical (unpaired) electrons. The van der Waals surface area contributed by atoms with Gasteiger partial charge in [-0.25, -0.2) is 4.79 Å². The van der Waals surface area contributed by atoms with Crippen molar-refractivity contribution in [2.45, 2.75) is 54.0 Å². The van der Waals surface area contributed by atoms with Gasteiger partial charge in [-0.2, -0.15) is 0 Å². The molecule has 0 saturated heterocycles. The van der Waals surface area contributed by atoms with Crippen LogP contribution >= 0.6 is 0 Å². The normalized spacial score (nSPS) is 11.2. The van der Waals surface area contributed by atoms with Crippen LogP contribution < -0.4 is 0 Å². The average Bonchev–Trinajstić information content (AvgIpc) is 2.25. The van der Waals surface area contributed by atoms with E-state index in [1.54, 1.807) is 4.90 Å². The molecule has 118 valence electrons. The van der Waals surface area contributed by atoms with E-state index < -0.39 is 5.97 Å². The van der Waals surface area contributed by atoms with Crippen LogP contribution in [-0.4, -0.2) is 52.6 Å². The number of carboxylic acids is 1. The van der Waals surface area contributed by atoms with Crippen LogP contribution in [0.3, 0.4) is 0 Å². The molecule has 5 nitrogen and oxygen atoms in total. The summed E-state index contributed by atoms with van der Waals surface area (Å²) in [5.74, 6) is -0.0832. The van der Waals surface area contributed by atoms with Crippen molar-refractivity contribution in [2.75, 3.05) is 19.6 Å². The first kappa shape index (κ1) is 18.7. The summed E-state index contributed by atoms with van der Waals surface area (Å²) in [5.41, 5.74) is 0. The lowest BCUT2D eigenvalue weighted by Crippen LogP contribution is -2.49. The molecule has 0 aromatic carbocycles. The summed E-state index contributed by atoms with van der Waals surface area (Å²) in [6, 6.07) is -0.0488. The molecular formula is C15H30N2O3. The molecule has 0 rings (SSSR count). The molecule has 0 saturated carbocycles. The van der Waals surface area contributed by atoms with Gasteiger partial charge in [-0.05, 0) is 25.7 Å². The number of carbonyl (C=O) groups excluding carboxylic acids is 1. The van der Waals surface area contributed by atoms with E-state index in [4.69, 9.17) is 5.11 Å². The number of rotatable bonds is 8. The van der Waals surface area contributed by atoms with Gasteiger partial charge in [0.15, 0.2) is 0 Å². The molecule has 0 bridgehead atoms. The Kier molecular flexibility index (Phi) is 8.26. The third kappa shape index (κ3) is 7.36. The molecule has 0 fully saturated rings. The van der Waals surface area contributed by atoms with Crippen molar-refractivity contribution in [3.8, 4) is 0 Å². The zero-order valence-electron chi connectivity index (χ0n) is 13.7. The topological polar surface area (TPSA) is 60.9 Å². The number of hydrogen-bond acceptors (Lipinski definition) is 2. The van der Waals surface area contributed by atoms with Gasteiger partial charge in [0.25, 0.3) is 0 Å². The predicted octanol–water partition coefficient (Wildman–Crippen LogP) is 2.91. The van der Waals surface area contributed by atoms with Gasteiger partial charge in [0.2, 0.25) is 0 Å². The van der Waals surface area contributed by atoms with E-state index in [-0.39, 0.29) is 25.0 Å². The molecule has 0 atom stereocenters. The van der Waals surface area contributed by atoms with Crippen molar-refractivity contribution < 1.29 is 14.7 Å². The Bertz CT molecular complexity index is 304. The minimum atomic E-state index is -0.872. The van der Waals surface area contributed by atoms with Crippen molar-refractivity contribution >= 4 is 12.0 Å². The summed E-state index contributed by atoms with van der Waals surface area (Å²) in [6.45, 7) is 13.8. The zero-order valence-corrected chi connectivity index (χ0v) is 13.7. The number of nitrogens with zero attached hydrogens (tertiary/aromatic N) is 2. The lowest BCUT2D eigenvalue weighted by molar-refractivity contribution is -0.137. The van der Waals surface area contributed by atoms with Gasteiger partial charge in [-0.3, -0.25) is 4.79 Å². The first-order valence-electron chi connectivity index (χ1n) is 7.42. The largest absolute Gasteiger partial charge is 0.481 e. The van der Waals surface area contributed by atoms with Crippen LogP contribution in [0.5, 0.6) is 0 Å². The molecular weight excluding hydrogens is 256 g/mol. The quantitative estimate of drug-likeness (QED) is 0.746. The number of aliphatic carboxylic acids is 1. The van der Waals surface area contributed by atoms with Gasteiger partial charge >= 0.3 is 12.0 Å². The summed E-state index contributed by atoms with van der Waals surface area (Å²) < 4.78 is 0. The van der Waals surface area contributed by atoms with Gasteiger partial charge in [0.05, 0.1) is 6.42 Å². The van der Waals surface area contributed by atoms with Gasteiger partial charge in [0.1, 0.15) is 0 Å². The summed E-state index contributed by atoms with van der Waals surface area (Å²) in [6.07, 6.45) is -0.0128. The summed E-state index contributed by atoms with van der Waals surface area (Å²) in [7, 11) is 0. The molecule has 0 unspecified atom stereocenters. The van der Waals surface area contributed by atoms with E-state index in [0.717, 1.165) is 0 Å². The molecule has 0 aromatic rings. The van der Waals surface area contributed by atoms with Gasteiger partial charge in [-0.15, -0.1) is 0 Å². The first-order chi connectivity index (χ1) is 9.15. The number of hydrogen-bond donors (Lipinski definition) is 1. The van der Waals surface area contributed by atoms with Crippen LogP contribution in [-0.2, 0) is 4.79 Å². The fourth-order valence-electron chi connectivity index (χ4n) is 2.08. The number of carbonyl (C=O) groups is 2. The molecule has 0 spiro atoms. The second-order valence-electron chi connectivity index (χ2n) is 6.41. The fraction of sp³-hybridized carbons (Fsp3) is 0.867. The molecule has 5 heteroatoms. The molecule has 0 heterocycles. The molecule has 2 amide bonds. The summed E-state index contributed by atoms with van der Waals surface area (Å²) in [4.78, 5) is 26.8. The highest BCUT2D eigenvalue weighted by atomic mass is 16.4. The van der Waals surface area contributed by atoms with Crippen LogP contribution in [0.1, 0.15) is 48.0 Å². The van der Waals surface area contributed by atoms with Crippen LogP contribution in [0.25, 0.3) is 0 Å². The lowest BCUT2D eigenvalue weighted by Gasteiger charge is -2.34. The maximum Gasteiger partial charge on any atom is 0.320 e. The van der Waals surface area contributed by atoms with Gasteiger partial charge in [-0.1, -0.05) is 27.7 Å². The number of amides is 2. The minimum absolute atomic E-state index is 0.00340. The van der Waals surface area contributed by atoms with E-state index in [1.807, 2.05) is 18.7 Å². The molecule has 0 aromatic heterocycles. The van der Waals surface area contributed by atoms with Crippen LogP contribution in [0.2, 0.25) is 0 Å². The van der Waals surface area contributed by atoms with Crippen LogP contribution in [0, 0.1) is 11.8 Å². The van der Waals surface area contributed by atoms with Crippen molar-refractivity contribution in [3.63, 3.8) is 0 Å². The first-order valence-corrected chi connectivity index (χ1v) is 7.42.